The molecule has 0 aromatic heterocycles. The summed E-state index contributed by atoms with van der Waals surface area (Å²) in [6.07, 6.45) is -2.59. The van der Waals surface area contributed by atoms with E-state index in [0.717, 1.165) is 12.1 Å². The molecule has 1 atom stereocenters. The minimum absolute atomic E-state index is 0.0768. The van der Waals surface area contributed by atoms with Crippen molar-refractivity contribution in [2.24, 2.45) is 0 Å². The number of rotatable bonds is 6. The lowest BCUT2D eigenvalue weighted by Gasteiger charge is -2.13. The molecule has 0 saturated heterocycles. The number of para-hydroxylation sites is 1. The number of ether oxygens (including phenoxy) is 1. The number of nitro benzene ring substituents is 1. The summed E-state index contributed by atoms with van der Waals surface area (Å²) in [5, 5.41) is 13.4. The Morgan fingerprint density at radius 2 is 1.93 bits per heavy atom. The third-order valence-corrected chi connectivity index (χ3v) is 3.50. The average Bonchev–Trinajstić information content (AvgIpc) is 2.59. The van der Waals surface area contributed by atoms with Gasteiger partial charge in [0.2, 0.25) is 5.91 Å². The zero-order chi connectivity index (χ0) is 20.0. The summed E-state index contributed by atoms with van der Waals surface area (Å²) in [6, 6.07) is 10.6. The maximum absolute atomic E-state index is 12.4. The first-order valence-corrected chi connectivity index (χ1v) is 7.73. The number of hydrogen-bond donors (Lipinski definition) is 1. The van der Waals surface area contributed by atoms with Crippen LogP contribution in [0.3, 0.4) is 0 Å². The van der Waals surface area contributed by atoms with E-state index in [4.69, 9.17) is 0 Å². The molecule has 0 spiro atoms. The van der Waals surface area contributed by atoms with Gasteiger partial charge in [0.15, 0.2) is 0 Å². The maximum atomic E-state index is 12.4. The number of amides is 1. The summed E-state index contributed by atoms with van der Waals surface area (Å²) in [6.45, 7) is 1.63. The number of nitrogens with one attached hydrogen (secondary N) is 1. The number of hydrogen-bond acceptors (Lipinski definition) is 4. The maximum Gasteiger partial charge on any atom is 0.573 e. The van der Waals surface area contributed by atoms with Gasteiger partial charge in [-0.3, -0.25) is 14.9 Å². The highest BCUT2D eigenvalue weighted by Gasteiger charge is 2.31. The molecule has 1 unspecified atom stereocenters. The van der Waals surface area contributed by atoms with E-state index < -0.39 is 29.0 Å². The average molecular weight is 380 g/mol. The zero-order valence-electron chi connectivity index (χ0n) is 14.1. The Morgan fingerprint density at radius 3 is 2.59 bits per heavy atom. The van der Waals surface area contributed by atoms with Gasteiger partial charge in [-0.2, -0.15) is 0 Å². The summed E-state index contributed by atoms with van der Waals surface area (Å²) in [7, 11) is 0. The van der Waals surface area contributed by atoms with E-state index in [1.807, 2.05) is 0 Å². The molecule has 142 valence electrons. The Hall–Kier alpha value is -3.36. The van der Waals surface area contributed by atoms with Crippen molar-refractivity contribution in [2.75, 3.05) is 0 Å². The van der Waals surface area contributed by atoms with Crippen LogP contribution in [0.4, 0.5) is 18.9 Å². The Labute approximate surface area is 152 Å². The van der Waals surface area contributed by atoms with Crippen LogP contribution in [0.25, 0.3) is 6.08 Å². The Bertz CT molecular complexity index is 866. The third-order valence-electron chi connectivity index (χ3n) is 3.50. The van der Waals surface area contributed by atoms with Crippen molar-refractivity contribution >= 4 is 17.7 Å². The molecule has 1 amide bonds. The van der Waals surface area contributed by atoms with Gasteiger partial charge in [0.1, 0.15) is 5.75 Å². The molecule has 0 aliphatic heterocycles. The van der Waals surface area contributed by atoms with Crippen molar-refractivity contribution in [3.8, 4) is 5.75 Å². The van der Waals surface area contributed by atoms with Crippen LogP contribution in [0.15, 0.2) is 54.6 Å². The second kappa shape index (κ2) is 8.35. The highest BCUT2D eigenvalue weighted by atomic mass is 19.4. The van der Waals surface area contributed by atoms with Crippen LogP contribution in [-0.4, -0.2) is 17.2 Å². The fraction of sp³-hybridized carbons (Fsp3) is 0.167. The summed E-state index contributed by atoms with van der Waals surface area (Å²) < 4.78 is 41.1. The zero-order valence-corrected chi connectivity index (χ0v) is 14.1. The molecule has 0 fully saturated rings. The van der Waals surface area contributed by atoms with Crippen molar-refractivity contribution in [1.29, 1.82) is 0 Å². The number of benzene rings is 2. The number of carbonyl (C=O) groups excluding carboxylic acids is 1. The molecule has 2 rings (SSSR count). The van der Waals surface area contributed by atoms with Crippen LogP contribution in [0, 0.1) is 10.1 Å². The molecule has 0 bridgehead atoms. The van der Waals surface area contributed by atoms with Crippen molar-refractivity contribution in [2.45, 2.75) is 19.3 Å². The molecule has 0 heterocycles. The van der Waals surface area contributed by atoms with Gasteiger partial charge < -0.3 is 10.1 Å². The molecule has 0 radical (unpaired) electrons. The molecular weight excluding hydrogens is 365 g/mol. The van der Waals surface area contributed by atoms with E-state index in [-0.39, 0.29) is 11.3 Å². The fourth-order valence-electron chi connectivity index (χ4n) is 2.25. The summed E-state index contributed by atoms with van der Waals surface area (Å²) in [5.41, 5.74) is 0.488. The number of nitrogens with zero attached hydrogens (tertiary/aromatic N) is 1. The van der Waals surface area contributed by atoms with E-state index in [1.54, 1.807) is 13.0 Å². The summed E-state index contributed by atoms with van der Waals surface area (Å²) in [5.74, 6) is -1.00. The fourth-order valence-corrected chi connectivity index (χ4v) is 2.25. The van der Waals surface area contributed by atoms with Crippen LogP contribution in [0.5, 0.6) is 5.75 Å². The van der Waals surface area contributed by atoms with Crippen molar-refractivity contribution in [1.82, 2.24) is 5.32 Å². The molecule has 6 nitrogen and oxygen atoms in total. The Balaban J connectivity index is 2.07. The van der Waals surface area contributed by atoms with Gasteiger partial charge in [-0.1, -0.05) is 30.3 Å². The SMILES string of the molecule is CC(NC(=O)C=Cc1ccccc1OC(F)(F)F)c1cccc([N+](=O)[O-])c1. The summed E-state index contributed by atoms with van der Waals surface area (Å²) >= 11 is 0. The van der Waals surface area contributed by atoms with Crippen molar-refractivity contribution in [3.63, 3.8) is 0 Å². The molecule has 1 N–H and O–H groups in total. The standard InChI is InChI=1S/C18H15F3N2O4/c1-12(14-6-4-7-15(11-14)23(25)26)22-17(24)10-9-13-5-2-3-8-16(13)27-18(19,20)21/h2-12H,1H3,(H,22,24). The monoisotopic (exact) mass is 380 g/mol. The van der Waals surface area contributed by atoms with Crippen molar-refractivity contribution < 1.29 is 27.6 Å². The van der Waals surface area contributed by atoms with Gasteiger partial charge in [-0.05, 0) is 24.6 Å². The molecule has 0 aliphatic carbocycles. The van der Waals surface area contributed by atoms with Crippen LogP contribution < -0.4 is 10.1 Å². The van der Waals surface area contributed by atoms with Gasteiger partial charge in [0, 0.05) is 23.8 Å². The van der Waals surface area contributed by atoms with Gasteiger partial charge in [-0.25, -0.2) is 0 Å². The first-order valence-electron chi connectivity index (χ1n) is 7.73. The van der Waals surface area contributed by atoms with Gasteiger partial charge in [0.05, 0.1) is 11.0 Å². The van der Waals surface area contributed by atoms with E-state index >= 15 is 0 Å². The minimum Gasteiger partial charge on any atom is -0.405 e. The van der Waals surface area contributed by atoms with E-state index in [2.05, 4.69) is 10.1 Å². The van der Waals surface area contributed by atoms with Crippen LogP contribution in [0.1, 0.15) is 24.1 Å². The number of carbonyl (C=O) groups is 1. The Kier molecular flexibility index (Phi) is 6.17. The number of halogens is 3. The first kappa shape index (κ1) is 20.0. The first-order chi connectivity index (χ1) is 12.7. The predicted octanol–water partition coefficient (Wildman–Crippen LogP) is 4.38. The molecule has 0 saturated carbocycles. The molecule has 0 aliphatic rings. The van der Waals surface area contributed by atoms with Crippen LogP contribution in [-0.2, 0) is 4.79 Å². The lowest BCUT2D eigenvalue weighted by atomic mass is 10.1. The minimum atomic E-state index is -4.84. The molecule has 2 aromatic rings. The highest BCUT2D eigenvalue weighted by molar-refractivity contribution is 5.92. The van der Waals surface area contributed by atoms with Crippen LogP contribution >= 0.6 is 0 Å². The lowest BCUT2D eigenvalue weighted by Crippen LogP contribution is -2.24. The third kappa shape index (κ3) is 6.14. The van der Waals surface area contributed by atoms with Gasteiger partial charge in [-0.15, -0.1) is 13.2 Å². The van der Waals surface area contributed by atoms with E-state index in [0.29, 0.717) is 5.56 Å². The van der Waals surface area contributed by atoms with E-state index in [1.165, 1.54) is 42.5 Å². The topological polar surface area (TPSA) is 81.5 Å². The smallest absolute Gasteiger partial charge is 0.405 e. The summed E-state index contributed by atoms with van der Waals surface area (Å²) in [4.78, 5) is 22.3. The predicted molar refractivity (Wildman–Crippen MR) is 91.8 cm³/mol. The van der Waals surface area contributed by atoms with E-state index in [9.17, 15) is 28.1 Å². The Morgan fingerprint density at radius 1 is 1.22 bits per heavy atom. The molecular formula is C18H15F3N2O4. The number of alkyl halides is 3. The van der Waals surface area contributed by atoms with Crippen LogP contribution in [0.2, 0.25) is 0 Å². The largest absolute Gasteiger partial charge is 0.573 e. The normalized spacial score (nSPS) is 12.6. The molecule has 27 heavy (non-hydrogen) atoms. The number of nitro groups is 1. The van der Waals surface area contributed by atoms with Gasteiger partial charge in [0.25, 0.3) is 5.69 Å². The second-order valence-electron chi connectivity index (χ2n) is 5.50. The molecule has 2 aromatic carbocycles. The highest BCUT2D eigenvalue weighted by Crippen LogP contribution is 2.27. The quantitative estimate of drug-likeness (QED) is 0.458. The number of non-ortho nitro benzene ring substituents is 1. The second-order valence-corrected chi connectivity index (χ2v) is 5.50. The van der Waals surface area contributed by atoms with Crippen molar-refractivity contribution in [3.05, 3.63) is 75.8 Å². The lowest BCUT2D eigenvalue weighted by molar-refractivity contribution is -0.384. The van der Waals surface area contributed by atoms with Gasteiger partial charge >= 0.3 is 6.36 Å². The molecule has 9 heteroatoms.